The van der Waals surface area contributed by atoms with Crippen molar-refractivity contribution in [2.24, 2.45) is 0 Å². The van der Waals surface area contributed by atoms with Gasteiger partial charge in [-0.1, -0.05) is 26.0 Å². The van der Waals surface area contributed by atoms with Gasteiger partial charge in [0.25, 0.3) is 5.69 Å². The zero-order chi connectivity index (χ0) is 15.8. The molecule has 0 saturated heterocycles. The molecule has 1 atom stereocenters. The molecule has 1 aromatic rings. The number of nitrogens with one attached hydrogen (secondary N) is 1. The minimum absolute atomic E-state index is 0.115. The van der Waals surface area contributed by atoms with E-state index >= 15 is 0 Å². The van der Waals surface area contributed by atoms with Crippen molar-refractivity contribution in [2.75, 3.05) is 26.2 Å². The summed E-state index contributed by atoms with van der Waals surface area (Å²) in [4.78, 5) is 13.1. The summed E-state index contributed by atoms with van der Waals surface area (Å²) < 4.78 is 0. The van der Waals surface area contributed by atoms with E-state index < -0.39 is 0 Å². The van der Waals surface area contributed by atoms with Gasteiger partial charge in [-0.2, -0.15) is 0 Å². The third-order valence-electron chi connectivity index (χ3n) is 3.80. The van der Waals surface area contributed by atoms with Crippen LogP contribution < -0.4 is 5.32 Å². The predicted molar refractivity (Wildman–Crippen MR) is 86.7 cm³/mol. The zero-order valence-electron chi connectivity index (χ0n) is 13.6. The van der Waals surface area contributed by atoms with Crippen molar-refractivity contribution in [2.45, 2.75) is 40.2 Å². The second kappa shape index (κ2) is 8.74. The van der Waals surface area contributed by atoms with E-state index in [9.17, 15) is 10.1 Å². The third kappa shape index (κ3) is 5.44. The number of benzene rings is 1. The van der Waals surface area contributed by atoms with Crippen LogP contribution in [0, 0.1) is 17.0 Å². The Morgan fingerprint density at radius 2 is 2.05 bits per heavy atom. The van der Waals surface area contributed by atoms with Crippen LogP contribution in [-0.4, -0.2) is 36.0 Å². The molecule has 1 unspecified atom stereocenters. The molecule has 0 radical (unpaired) electrons. The highest BCUT2D eigenvalue weighted by molar-refractivity contribution is 5.43. The molecule has 0 aliphatic rings. The average Bonchev–Trinajstić information content (AvgIpc) is 2.46. The van der Waals surface area contributed by atoms with Gasteiger partial charge in [0, 0.05) is 30.8 Å². The normalized spacial score (nSPS) is 12.6. The Labute approximate surface area is 127 Å². The number of hydrogen-bond acceptors (Lipinski definition) is 4. The van der Waals surface area contributed by atoms with Crippen LogP contribution in [-0.2, 0) is 0 Å². The molecule has 0 aromatic heterocycles. The molecule has 1 N–H and O–H groups in total. The van der Waals surface area contributed by atoms with Crippen LogP contribution in [0.3, 0.4) is 0 Å². The molecular weight excluding hydrogens is 266 g/mol. The van der Waals surface area contributed by atoms with Gasteiger partial charge in [-0.25, -0.2) is 0 Å². The lowest BCUT2D eigenvalue weighted by atomic mass is 10.0. The molecule has 1 aromatic carbocycles. The molecule has 21 heavy (non-hydrogen) atoms. The number of hydrogen-bond donors (Lipinski definition) is 1. The lowest BCUT2D eigenvalue weighted by Crippen LogP contribution is -2.33. The first-order valence-electron chi connectivity index (χ1n) is 7.70. The van der Waals surface area contributed by atoms with E-state index in [0.717, 1.165) is 38.2 Å². The Bertz CT molecular complexity index is 463. The van der Waals surface area contributed by atoms with Crippen LogP contribution >= 0.6 is 0 Å². The van der Waals surface area contributed by atoms with E-state index in [1.807, 2.05) is 19.1 Å². The summed E-state index contributed by atoms with van der Waals surface area (Å²) in [6.45, 7) is 12.2. The SMILES string of the molecule is CCCN(CC)CCNC(C)c1ccc(C)c([N+](=O)[O-])c1. The van der Waals surface area contributed by atoms with Crippen molar-refractivity contribution in [3.8, 4) is 0 Å². The Balaban J connectivity index is 2.57. The second-order valence-electron chi connectivity index (χ2n) is 5.41. The largest absolute Gasteiger partial charge is 0.309 e. The molecule has 1 rings (SSSR count). The number of nitrogens with zero attached hydrogens (tertiary/aromatic N) is 2. The van der Waals surface area contributed by atoms with E-state index in [1.54, 1.807) is 13.0 Å². The zero-order valence-corrected chi connectivity index (χ0v) is 13.6. The summed E-state index contributed by atoms with van der Waals surface area (Å²) >= 11 is 0. The Morgan fingerprint density at radius 3 is 2.62 bits per heavy atom. The first kappa shape index (κ1) is 17.6. The van der Waals surface area contributed by atoms with Crippen LogP contribution in [0.25, 0.3) is 0 Å². The standard InChI is InChI=1S/C16H27N3O2/c1-5-10-18(6-2)11-9-17-14(4)15-8-7-13(3)16(12-15)19(20)21/h7-8,12,14,17H,5-6,9-11H2,1-4H3. The maximum atomic E-state index is 11.0. The quantitative estimate of drug-likeness (QED) is 0.560. The van der Waals surface area contributed by atoms with Crippen LogP contribution in [0.1, 0.15) is 44.4 Å². The fraction of sp³-hybridized carbons (Fsp3) is 0.625. The first-order valence-corrected chi connectivity index (χ1v) is 7.70. The van der Waals surface area contributed by atoms with Gasteiger partial charge in [0.1, 0.15) is 0 Å². The van der Waals surface area contributed by atoms with Gasteiger partial charge in [-0.15, -0.1) is 0 Å². The van der Waals surface area contributed by atoms with E-state index in [1.165, 1.54) is 0 Å². The van der Waals surface area contributed by atoms with Gasteiger partial charge in [-0.05, 0) is 38.9 Å². The second-order valence-corrected chi connectivity index (χ2v) is 5.41. The molecular formula is C16H27N3O2. The molecule has 0 heterocycles. The number of rotatable bonds is 9. The Morgan fingerprint density at radius 1 is 1.33 bits per heavy atom. The van der Waals surface area contributed by atoms with E-state index in [2.05, 4.69) is 24.1 Å². The maximum absolute atomic E-state index is 11.0. The molecule has 5 heteroatoms. The molecule has 0 aliphatic carbocycles. The lowest BCUT2D eigenvalue weighted by molar-refractivity contribution is -0.385. The van der Waals surface area contributed by atoms with Crippen LogP contribution in [0.2, 0.25) is 0 Å². The number of likely N-dealkylation sites (N-methyl/N-ethyl adjacent to an activating group) is 1. The van der Waals surface area contributed by atoms with Crippen molar-refractivity contribution < 1.29 is 4.92 Å². The minimum Gasteiger partial charge on any atom is -0.309 e. The number of nitro benzene ring substituents is 1. The van der Waals surface area contributed by atoms with Gasteiger partial charge in [0.2, 0.25) is 0 Å². The van der Waals surface area contributed by atoms with E-state index in [0.29, 0.717) is 5.56 Å². The van der Waals surface area contributed by atoms with Crippen LogP contribution in [0.4, 0.5) is 5.69 Å². The summed E-state index contributed by atoms with van der Waals surface area (Å²) in [5, 5.41) is 14.4. The summed E-state index contributed by atoms with van der Waals surface area (Å²) in [7, 11) is 0. The first-order chi connectivity index (χ1) is 9.99. The van der Waals surface area contributed by atoms with E-state index in [4.69, 9.17) is 0 Å². The Kier molecular flexibility index (Phi) is 7.32. The van der Waals surface area contributed by atoms with Crippen molar-refractivity contribution in [1.82, 2.24) is 10.2 Å². The Hall–Kier alpha value is -1.46. The summed E-state index contributed by atoms with van der Waals surface area (Å²) in [6.07, 6.45) is 1.16. The number of nitro groups is 1. The molecule has 0 aliphatic heterocycles. The summed E-state index contributed by atoms with van der Waals surface area (Å²) in [6, 6.07) is 5.58. The topological polar surface area (TPSA) is 58.4 Å². The third-order valence-corrected chi connectivity index (χ3v) is 3.80. The van der Waals surface area contributed by atoms with Crippen molar-refractivity contribution >= 4 is 5.69 Å². The summed E-state index contributed by atoms with van der Waals surface area (Å²) in [5.74, 6) is 0. The highest BCUT2D eigenvalue weighted by atomic mass is 16.6. The maximum Gasteiger partial charge on any atom is 0.272 e. The highest BCUT2D eigenvalue weighted by Gasteiger charge is 2.14. The van der Waals surface area contributed by atoms with Crippen molar-refractivity contribution in [1.29, 1.82) is 0 Å². The molecule has 118 valence electrons. The van der Waals surface area contributed by atoms with Crippen LogP contribution in [0.15, 0.2) is 18.2 Å². The molecule has 0 bridgehead atoms. The van der Waals surface area contributed by atoms with Crippen molar-refractivity contribution in [3.63, 3.8) is 0 Å². The fourth-order valence-electron chi connectivity index (χ4n) is 2.39. The average molecular weight is 293 g/mol. The van der Waals surface area contributed by atoms with Gasteiger partial charge < -0.3 is 10.2 Å². The lowest BCUT2D eigenvalue weighted by Gasteiger charge is -2.21. The van der Waals surface area contributed by atoms with Gasteiger partial charge in [-0.3, -0.25) is 10.1 Å². The fourth-order valence-corrected chi connectivity index (χ4v) is 2.39. The van der Waals surface area contributed by atoms with Gasteiger partial charge in [0.15, 0.2) is 0 Å². The van der Waals surface area contributed by atoms with Gasteiger partial charge >= 0.3 is 0 Å². The number of aryl methyl sites for hydroxylation is 1. The van der Waals surface area contributed by atoms with Crippen molar-refractivity contribution in [3.05, 3.63) is 39.4 Å². The minimum atomic E-state index is -0.314. The molecule has 5 nitrogen and oxygen atoms in total. The molecule has 0 saturated carbocycles. The van der Waals surface area contributed by atoms with Gasteiger partial charge in [0.05, 0.1) is 4.92 Å². The molecule has 0 amide bonds. The summed E-state index contributed by atoms with van der Waals surface area (Å²) in [5.41, 5.74) is 1.87. The monoisotopic (exact) mass is 293 g/mol. The highest BCUT2D eigenvalue weighted by Crippen LogP contribution is 2.22. The predicted octanol–water partition coefficient (Wildman–Crippen LogP) is 3.29. The van der Waals surface area contributed by atoms with Crippen LogP contribution in [0.5, 0.6) is 0 Å². The smallest absolute Gasteiger partial charge is 0.272 e. The van der Waals surface area contributed by atoms with E-state index in [-0.39, 0.29) is 16.7 Å². The molecule has 0 spiro atoms. The molecule has 0 fully saturated rings.